The van der Waals surface area contributed by atoms with Gasteiger partial charge < -0.3 is 20.5 Å². The molecular formula is C11H20N2O4. The van der Waals surface area contributed by atoms with Crippen LogP contribution in [0.1, 0.15) is 19.8 Å². The molecule has 1 fully saturated rings. The Labute approximate surface area is 101 Å². The molecule has 98 valence electrons. The summed E-state index contributed by atoms with van der Waals surface area (Å²) in [6.07, 6.45) is 0.844. The van der Waals surface area contributed by atoms with Gasteiger partial charge >= 0.3 is 5.97 Å². The monoisotopic (exact) mass is 244 g/mol. The number of hydrogen-bond donors (Lipinski definition) is 3. The molecule has 0 aromatic heterocycles. The molecule has 1 amide bonds. The Kier molecular flexibility index (Phi) is 5.93. The Morgan fingerprint density at radius 3 is 2.88 bits per heavy atom. The van der Waals surface area contributed by atoms with Gasteiger partial charge in [-0.1, -0.05) is 6.92 Å². The van der Waals surface area contributed by atoms with Gasteiger partial charge in [-0.3, -0.25) is 9.59 Å². The van der Waals surface area contributed by atoms with Crippen LogP contribution in [-0.2, 0) is 14.3 Å². The van der Waals surface area contributed by atoms with Gasteiger partial charge in [-0.25, -0.2) is 0 Å². The first kappa shape index (κ1) is 13.9. The zero-order valence-corrected chi connectivity index (χ0v) is 10.1. The number of hydrogen-bond acceptors (Lipinski definition) is 4. The van der Waals surface area contributed by atoms with E-state index in [-0.39, 0.29) is 18.5 Å². The molecule has 0 aromatic carbocycles. The molecule has 0 aliphatic carbocycles. The first-order valence-corrected chi connectivity index (χ1v) is 5.94. The molecule has 0 saturated carbocycles. The summed E-state index contributed by atoms with van der Waals surface area (Å²) in [6.45, 7) is 3.95. The average molecular weight is 244 g/mol. The first-order valence-electron chi connectivity index (χ1n) is 5.94. The molecule has 17 heavy (non-hydrogen) atoms. The standard InChI is InChI=1S/C11H20N2O4/c1-2-8(11(15)16)6-13-10(14)5-9-7-17-4-3-12-9/h8-9,12H,2-7H2,1H3,(H,13,14)(H,15,16). The van der Waals surface area contributed by atoms with Crippen molar-refractivity contribution in [1.29, 1.82) is 0 Å². The number of amides is 1. The van der Waals surface area contributed by atoms with Crippen LogP contribution in [0.2, 0.25) is 0 Å². The molecular weight excluding hydrogens is 224 g/mol. The number of nitrogens with one attached hydrogen (secondary N) is 2. The van der Waals surface area contributed by atoms with Crippen molar-refractivity contribution in [2.45, 2.75) is 25.8 Å². The van der Waals surface area contributed by atoms with Gasteiger partial charge in [-0.15, -0.1) is 0 Å². The van der Waals surface area contributed by atoms with E-state index in [4.69, 9.17) is 9.84 Å². The van der Waals surface area contributed by atoms with Gasteiger partial charge in [0.2, 0.25) is 5.91 Å². The lowest BCUT2D eigenvalue weighted by Crippen LogP contribution is -2.45. The topological polar surface area (TPSA) is 87.7 Å². The summed E-state index contributed by atoms with van der Waals surface area (Å²) in [6, 6.07) is 0.0358. The minimum atomic E-state index is -0.869. The second-order valence-corrected chi connectivity index (χ2v) is 4.18. The van der Waals surface area contributed by atoms with Crippen LogP contribution in [0.5, 0.6) is 0 Å². The highest BCUT2D eigenvalue weighted by Gasteiger charge is 2.19. The molecule has 0 bridgehead atoms. The van der Waals surface area contributed by atoms with Gasteiger partial charge in [-0.2, -0.15) is 0 Å². The first-order chi connectivity index (χ1) is 8.13. The highest BCUT2D eigenvalue weighted by molar-refractivity contribution is 5.77. The fraction of sp³-hybridized carbons (Fsp3) is 0.818. The third-order valence-electron chi connectivity index (χ3n) is 2.82. The minimum absolute atomic E-state index is 0.0358. The fourth-order valence-corrected chi connectivity index (χ4v) is 1.69. The van der Waals surface area contributed by atoms with Crippen LogP contribution < -0.4 is 10.6 Å². The Hall–Kier alpha value is -1.14. The number of carbonyl (C=O) groups is 2. The maximum atomic E-state index is 11.6. The fourth-order valence-electron chi connectivity index (χ4n) is 1.69. The van der Waals surface area contributed by atoms with Gasteiger partial charge in [0.15, 0.2) is 0 Å². The molecule has 0 radical (unpaired) electrons. The van der Waals surface area contributed by atoms with Gasteiger partial charge in [0.05, 0.1) is 19.1 Å². The predicted molar refractivity (Wildman–Crippen MR) is 61.7 cm³/mol. The smallest absolute Gasteiger partial charge is 0.308 e. The van der Waals surface area contributed by atoms with E-state index < -0.39 is 11.9 Å². The molecule has 1 saturated heterocycles. The van der Waals surface area contributed by atoms with Gasteiger partial charge in [-0.05, 0) is 6.42 Å². The lowest BCUT2D eigenvalue weighted by Gasteiger charge is -2.23. The van der Waals surface area contributed by atoms with Crippen LogP contribution in [0.15, 0.2) is 0 Å². The summed E-state index contributed by atoms with van der Waals surface area (Å²) >= 11 is 0. The third-order valence-corrected chi connectivity index (χ3v) is 2.82. The summed E-state index contributed by atoms with van der Waals surface area (Å²) in [5.74, 6) is -1.51. The molecule has 1 aliphatic rings. The molecule has 3 N–H and O–H groups in total. The third kappa shape index (κ3) is 5.14. The maximum absolute atomic E-state index is 11.6. The summed E-state index contributed by atoms with van der Waals surface area (Å²) < 4.78 is 5.23. The number of ether oxygens (including phenoxy) is 1. The second-order valence-electron chi connectivity index (χ2n) is 4.18. The number of morpholine rings is 1. The largest absolute Gasteiger partial charge is 0.481 e. The van der Waals surface area contributed by atoms with Crippen molar-refractivity contribution in [2.75, 3.05) is 26.3 Å². The van der Waals surface area contributed by atoms with Gasteiger partial charge in [0.1, 0.15) is 0 Å². The van der Waals surface area contributed by atoms with E-state index >= 15 is 0 Å². The van der Waals surface area contributed by atoms with E-state index in [1.54, 1.807) is 6.92 Å². The molecule has 1 heterocycles. The molecule has 6 heteroatoms. The lowest BCUT2D eigenvalue weighted by molar-refractivity contribution is -0.141. The van der Waals surface area contributed by atoms with E-state index in [1.807, 2.05) is 0 Å². The Morgan fingerprint density at radius 2 is 2.35 bits per heavy atom. The average Bonchev–Trinajstić information content (AvgIpc) is 2.30. The van der Waals surface area contributed by atoms with E-state index in [9.17, 15) is 9.59 Å². The molecule has 2 unspecified atom stereocenters. The molecule has 0 aromatic rings. The summed E-state index contributed by atoms with van der Waals surface area (Å²) in [5, 5.41) is 14.6. The summed E-state index contributed by atoms with van der Waals surface area (Å²) in [7, 11) is 0. The van der Waals surface area contributed by atoms with Crippen molar-refractivity contribution in [3.05, 3.63) is 0 Å². The van der Waals surface area contributed by atoms with E-state index in [1.165, 1.54) is 0 Å². The minimum Gasteiger partial charge on any atom is -0.481 e. The highest BCUT2D eigenvalue weighted by atomic mass is 16.5. The van der Waals surface area contributed by atoms with E-state index in [0.29, 0.717) is 26.1 Å². The predicted octanol–water partition coefficient (Wildman–Crippen LogP) is -0.408. The maximum Gasteiger partial charge on any atom is 0.308 e. The van der Waals surface area contributed by atoms with Crippen molar-refractivity contribution < 1.29 is 19.4 Å². The SMILES string of the molecule is CCC(CNC(=O)CC1COCCN1)C(=O)O. The van der Waals surface area contributed by atoms with Crippen LogP contribution in [-0.4, -0.2) is 49.3 Å². The van der Waals surface area contributed by atoms with Crippen LogP contribution in [0.3, 0.4) is 0 Å². The van der Waals surface area contributed by atoms with E-state index in [2.05, 4.69) is 10.6 Å². The van der Waals surface area contributed by atoms with Gasteiger partial charge in [0.25, 0.3) is 0 Å². The molecule has 0 spiro atoms. The summed E-state index contributed by atoms with van der Waals surface area (Å²) in [5.41, 5.74) is 0. The second kappa shape index (κ2) is 7.24. The number of carboxylic acids is 1. The van der Waals surface area contributed by atoms with Crippen molar-refractivity contribution in [3.8, 4) is 0 Å². The number of carbonyl (C=O) groups excluding carboxylic acids is 1. The number of rotatable bonds is 6. The van der Waals surface area contributed by atoms with Crippen LogP contribution >= 0.6 is 0 Å². The lowest BCUT2D eigenvalue weighted by atomic mass is 10.1. The molecule has 1 rings (SSSR count). The molecule has 2 atom stereocenters. The quantitative estimate of drug-likeness (QED) is 0.591. The highest BCUT2D eigenvalue weighted by Crippen LogP contribution is 2.02. The molecule has 6 nitrogen and oxygen atoms in total. The molecule has 1 aliphatic heterocycles. The van der Waals surface area contributed by atoms with Crippen LogP contribution in [0.25, 0.3) is 0 Å². The van der Waals surface area contributed by atoms with Crippen molar-refractivity contribution in [3.63, 3.8) is 0 Å². The zero-order chi connectivity index (χ0) is 12.7. The number of aliphatic carboxylic acids is 1. The van der Waals surface area contributed by atoms with Gasteiger partial charge in [0, 0.05) is 25.6 Å². The normalized spacial score (nSPS) is 21.8. The van der Waals surface area contributed by atoms with Crippen molar-refractivity contribution in [2.24, 2.45) is 5.92 Å². The Bertz CT molecular complexity index is 264. The number of carboxylic acid groups (broad SMARTS) is 1. The summed E-state index contributed by atoms with van der Waals surface area (Å²) in [4.78, 5) is 22.3. The van der Waals surface area contributed by atoms with Crippen LogP contribution in [0.4, 0.5) is 0 Å². The Balaban J connectivity index is 2.21. The van der Waals surface area contributed by atoms with Crippen molar-refractivity contribution in [1.82, 2.24) is 10.6 Å². The zero-order valence-electron chi connectivity index (χ0n) is 10.1. The van der Waals surface area contributed by atoms with Crippen LogP contribution in [0, 0.1) is 5.92 Å². The van der Waals surface area contributed by atoms with E-state index in [0.717, 1.165) is 6.54 Å². The Morgan fingerprint density at radius 1 is 1.59 bits per heavy atom. The van der Waals surface area contributed by atoms with Crippen molar-refractivity contribution >= 4 is 11.9 Å².